The molecule has 4 amide bonds. The lowest BCUT2D eigenvalue weighted by molar-refractivity contribution is -0.137. The number of fused-ring (bicyclic) bond motifs is 1. The van der Waals surface area contributed by atoms with Gasteiger partial charge in [0.2, 0.25) is 11.8 Å². The Balaban J connectivity index is 1.12. The van der Waals surface area contributed by atoms with Crippen molar-refractivity contribution in [3.05, 3.63) is 71.4 Å². The van der Waals surface area contributed by atoms with Crippen LogP contribution in [0.25, 0.3) is 22.3 Å². The molecule has 0 spiro atoms. The van der Waals surface area contributed by atoms with E-state index >= 15 is 0 Å². The lowest BCUT2D eigenvalue weighted by Crippen LogP contribution is -2.54. The smallest absolute Gasteiger partial charge is 0.407 e. The number of imidazole rings is 2. The van der Waals surface area contributed by atoms with Gasteiger partial charge in [0.05, 0.1) is 55.3 Å². The fraction of sp³-hybridized carbons (Fsp3) is 0.436. The van der Waals surface area contributed by atoms with Crippen LogP contribution >= 0.6 is 0 Å². The largest absolute Gasteiger partial charge is 0.453 e. The Labute approximate surface area is 313 Å². The highest BCUT2D eigenvalue weighted by Gasteiger charge is 2.39. The minimum absolute atomic E-state index is 0.152. The maximum Gasteiger partial charge on any atom is 0.407 e. The lowest BCUT2D eigenvalue weighted by atomic mass is 10.1. The Morgan fingerprint density at radius 3 is 2.15 bits per heavy atom. The van der Waals surface area contributed by atoms with Crippen LogP contribution in [0.5, 0.6) is 0 Å². The zero-order valence-corrected chi connectivity index (χ0v) is 31.1. The molecule has 54 heavy (non-hydrogen) atoms. The molecule has 2 fully saturated rings. The summed E-state index contributed by atoms with van der Waals surface area (Å²) in [6, 6.07) is 11.6. The molecule has 6 rings (SSSR count). The number of nitrogens with zero attached hydrogens (tertiary/aromatic N) is 4. The summed E-state index contributed by atoms with van der Waals surface area (Å²) in [5, 5.41) is 5.25. The highest BCUT2D eigenvalue weighted by Crippen LogP contribution is 2.34. The maximum absolute atomic E-state index is 13.6. The standard InChI is InChI=1S/C39H46N8O7/c1-6-27(44-38(50)53-4)36(48)46-19-8-10-32(46)35-41-28-18-15-25(21-29(28)42-35)12-11-24-13-16-26(17-14-24)30-22-40-34(43-30)31-9-7-20-47(31)37(49)33(23(2)52-3)45-39(51)54-5/h13-18,21-23,27,31-33H,6-10,19-20H2,1-5H3,(H,40,43)(H,41,42)(H,44,50)(H,45,51)/t23-,27+,31+,32+,33+/m1/s1. The first kappa shape index (κ1) is 37.9. The summed E-state index contributed by atoms with van der Waals surface area (Å²) in [6.45, 7) is 4.70. The summed E-state index contributed by atoms with van der Waals surface area (Å²) in [6.07, 6.45) is 3.47. The van der Waals surface area contributed by atoms with Crippen molar-refractivity contribution in [2.75, 3.05) is 34.4 Å². The summed E-state index contributed by atoms with van der Waals surface area (Å²) in [5.41, 5.74) is 4.99. The zero-order valence-electron chi connectivity index (χ0n) is 31.1. The van der Waals surface area contributed by atoms with Crippen molar-refractivity contribution >= 4 is 35.0 Å². The first-order valence-corrected chi connectivity index (χ1v) is 18.1. The van der Waals surface area contributed by atoms with E-state index in [9.17, 15) is 19.2 Å². The van der Waals surface area contributed by atoms with Gasteiger partial charge in [-0.05, 0) is 74.9 Å². The number of carbonyl (C=O) groups is 4. The summed E-state index contributed by atoms with van der Waals surface area (Å²) in [5.74, 6) is 7.45. The summed E-state index contributed by atoms with van der Waals surface area (Å²) in [7, 11) is 4.02. The predicted molar refractivity (Wildman–Crippen MR) is 199 cm³/mol. The molecule has 2 aliphatic rings. The SMILES string of the molecule is CC[C@H](NC(=O)OC)C(=O)N1CCC[C@H]1c1nc2ccc(C#Cc3ccc(-c4cnc([C@@H]5CCCN5C(=O)[C@@H](NC(=O)OC)[C@@H](C)OC)[nH]4)cc3)cc2[nH]1. The van der Waals surface area contributed by atoms with Gasteiger partial charge in [0.1, 0.15) is 23.7 Å². The van der Waals surface area contributed by atoms with Gasteiger partial charge in [0.15, 0.2) is 0 Å². The Bertz CT molecular complexity index is 2050. The molecule has 15 nitrogen and oxygen atoms in total. The third-order valence-corrected chi connectivity index (χ3v) is 10.1. The molecule has 284 valence electrons. The molecule has 15 heteroatoms. The minimum atomic E-state index is -0.900. The van der Waals surface area contributed by atoms with Crippen LogP contribution in [0.3, 0.4) is 0 Å². The number of hydrogen-bond donors (Lipinski definition) is 4. The number of aromatic amines is 2. The summed E-state index contributed by atoms with van der Waals surface area (Å²) >= 11 is 0. The first-order chi connectivity index (χ1) is 26.1. The molecular formula is C39H46N8O7. The molecule has 0 aliphatic carbocycles. The molecule has 4 heterocycles. The number of nitrogens with one attached hydrogen (secondary N) is 4. The second-order valence-electron chi connectivity index (χ2n) is 13.4. The van der Waals surface area contributed by atoms with E-state index < -0.39 is 30.4 Å². The van der Waals surface area contributed by atoms with E-state index in [0.717, 1.165) is 59.1 Å². The fourth-order valence-electron chi connectivity index (χ4n) is 7.04. The van der Waals surface area contributed by atoms with E-state index in [1.165, 1.54) is 21.3 Å². The number of ether oxygens (including phenoxy) is 3. The molecule has 4 N–H and O–H groups in total. The average molecular weight is 739 g/mol. The Morgan fingerprint density at radius 1 is 0.852 bits per heavy atom. The van der Waals surface area contributed by atoms with Crippen LogP contribution in [0, 0.1) is 11.8 Å². The number of H-pyrrole nitrogens is 2. The molecule has 2 aromatic carbocycles. The number of amides is 4. The predicted octanol–water partition coefficient (Wildman–Crippen LogP) is 4.57. The van der Waals surface area contributed by atoms with Gasteiger partial charge < -0.3 is 44.6 Å². The van der Waals surface area contributed by atoms with Crippen molar-refractivity contribution in [3.63, 3.8) is 0 Å². The van der Waals surface area contributed by atoms with E-state index in [4.69, 9.17) is 19.2 Å². The van der Waals surface area contributed by atoms with Crippen molar-refractivity contribution in [2.45, 2.75) is 76.2 Å². The van der Waals surface area contributed by atoms with Crippen molar-refractivity contribution in [1.29, 1.82) is 0 Å². The van der Waals surface area contributed by atoms with E-state index in [1.54, 1.807) is 22.9 Å². The Hall–Kier alpha value is -5.88. The van der Waals surface area contributed by atoms with E-state index in [1.807, 2.05) is 49.4 Å². The van der Waals surface area contributed by atoms with Crippen LogP contribution in [-0.2, 0) is 23.8 Å². The fourth-order valence-corrected chi connectivity index (χ4v) is 7.04. The van der Waals surface area contributed by atoms with Crippen molar-refractivity contribution in [2.24, 2.45) is 0 Å². The van der Waals surface area contributed by atoms with Crippen LogP contribution < -0.4 is 10.6 Å². The van der Waals surface area contributed by atoms with E-state index in [0.29, 0.717) is 31.2 Å². The molecule has 5 atom stereocenters. The number of rotatable bonds is 10. The van der Waals surface area contributed by atoms with Gasteiger partial charge in [0, 0.05) is 31.3 Å². The van der Waals surface area contributed by atoms with Gasteiger partial charge in [0.25, 0.3) is 0 Å². The number of methoxy groups -OCH3 is 3. The minimum Gasteiger partial charge on any atom is -0.453 e. The first-order valence-electron chi connectivity index (χ1n) is 18.1. The van der Waals surface area contributed by atoms with Crippen LogP contribution in [-0.4, -0.2) is 106 Å². The maximum atomic E-state index is 13.6. The molecule has 0 bridgehead atoms. The molecule has 0 saturated carbocycles. The van der Waals surface area contributed by atoms with Crippen LogP contribution in [0.4, 0.5) is 9.59 Å². The van der Waals surface area contributed by atoms with Crippen LogP contribution in [0.2, 0.25) is 0 Å². The average Bonchev–Trinajstić information content (AvgIpc) is 4.03. The Kier molecular flexibility index (Phi) is 11.8. The van der Waals surface area contributed by atoms with Crippen LogP contribution in [0.15, 0.2) is 48.7 Å². The van der Waals surface area contributed by atoms with Crippen molar-refractivity contribution in [3.8, 4) is 23.1 Å². The topological polar surface area (TPSA) is 184 Å². The molecule has 2 saturated heterocycles. The van der Waals surface area contributed by atoms with Gasteiger partial charge in [-0.1, -0.05) is 30.9 Å². The lowest BCUT2D eigenvalue weighted by Gasteiger charge is -2.30. The third kappa shape index (κ3) is 8.18. The van der Waals surface area contributed by atoms with Crippen molar-refractivity contribution in [1.82, 2.24) is 40.4 Å². The number of aromatic nitrogens is 4. The third-order valence-electron chi connectivity index (χ3n) is 10.1. The molecule has 0 unspecified atom stereocenters. The van der Waals surface area contributed by atoms with E-state index in [-0.39, 0.29) is 23.9 Å². The van der Waals surface area contributed by atoms with Gasteiger partial charge in [-0.25, -0.2) is 19.6 Å². The highest BCUT2D eigenvalue weighted by molar-refractivity contribution is 5.87. The van der Waals surface area contributed by atoms with Gasteiger partial charge in [-0.2, -0.15) is 0 Å². The number of carbonyl (C=O) groups excluding carboxylic acids is 4. The number of benzene rings is 2. The van der Waals surface area contributed by atoms with Crippen LogP contribution in [0.1, 0.15) is 80.8 Å². The second-order valence-corrected chi connectivity index (χ2v) is 13.4. The summed E-state index contributed by atoms with van der Waals surface area (Å²) in [4.78, 5) is 70.4. The monoisotopic (exact) mass is 738 g/mol. The van der Waals surface area contributed by atoms with Crippen molar-refractivity contribution < 1.29 is 33.4 Å². The molecule has 2 aromatic heterocycles. The van der Waals surface area contributed by atoms with Gasteiger partial charge in [-0.15, -0.1) is 0 Å². The number of likely N-dealkylation sites (tertiary alicyclic amines) is 2. The molecular weight excluding hydrogens is 692 g/mol. The number of alkyl carbamates (subject to hydrolysis) is 2. The number of hydrogen-bond acceptors (Lipinski definition) is 9. The zero-order chi connectivity index (χ0) is 38.4. The van der Waals surface area contributed by atoms with Gasteiger partial charge >= 0.3 is 12.2 Å². The molecule has 0 radical (unpaired) electrons. The molecule has 4 aromatic rings. The normalized spacial score (nSPS) is 18.4. The summed E-state index contributed by atoms with van der Waals surface area (Å²) < 4.78 is 14.8. The second kappa shape index (κ2) is 16.9. The Morgan fingerprint density at radius 2 is 1.48 bits per heavy atom. The quantitative estimate of drug-likeness (QED) is 0.169. The molecule has 2 aliphatic heterocycles. The van der Waals surface area contributed by atoms with E-state index in [2.05, 4.69) is 37.4 Å². The highest BCUT2D eigenvalue weighted by atomic mass is 16.5. The van der Waals surface area contributed by atoms with Gasteiger partial charge in [-0.3, -0.25) is 9.59 Å².